The van der Waals surface area contributed by atoms with Crippen LogP contribution >= 0.6 is 0 Å². The van der Waals surface area contributed by atoms with Gasteiger partial charge in [0.2, 0.25) is 0 Å². The second-order valence-electron chi connectivity index (χ2n) is 5.34. The van der Waals surface area contributed by atoms with Crippen molar-refractivity contribution in [2.45, 2.75) is 31.7 Å². The molecule has 102 valence electrons. The summed E-state index contributed by atoms with van der Waals surface area (Å²) in [6, 6.07) is 1.58. The smallest absolute Gasteiger partial charge is 0.254 e. The van der Waals surface area contributed by atoms with Crippen molar-refractivity contribution >= 4 is 11.7 Å². The van der Waals surface area contributed by atoms with E-state index in [0.29, 0.717) is 11.8 Å². The molecule has 5 nitrogen and oxygen atoms in total. The van der Waals surface area contributed by atoms with Crippen LogP contribution in [0.2, 0.25) is 0 Å². The number of nitrogens with two attached hydrogens (primary N) is 1. The highest BCUT2D eigenvalue weighted by Crippen LogP contribution is 2.44. The summed E-state index contributed by atoms with van der Waals surface area (Å²) in [4.78, 5) is 15.9. The quantitative estimate of drug-likeness (QED) is 0.555. The van der Waals surface area contributed by atoms with Crippen LogP contribution in [0.5, 0.6) is 0 Å². The molecule has 4 N–H and O–H groups in total. The van der Waals surface area contributed by atoms with E-state index in [0.717, 1.165) is 25.7 Å². The number of carbonyl (C=O) groups excluding carboxylic acids is 1. The third-order valence-electron chi connectivity index (χ3n) is 3.83. The maximum atomic E-state index is 13.9. The predicted octanol–water partition coefficient (Wildman–Crippen LogP) is 1.42. The summed E-state index contributed by atoms with van der Waals surface area (Å²) < 4.78 is 13.9. The molecule has 2 fully saturated rings. The lowest BCUT2D eigenvalue weighted by molar-refractivity contribution is 0.0922. The Balaban J connectivity index is 1.75. The van der Waals surface area contributed by atoms with Crippen molar-refractivity contribution in [3.05, 3.63) is 23.6 Å². The highest BCUT2D eigenvalue weighted by molar-refractivity contribution is 5.95. The van der Waals surface area contributed by atoms with E-state index in [4.69, 9.17) is 5.84 Å². The summed E-state index contributed by atoms with van der Waals surface area (Å²) in [5.41, 5.74) is 2.14. The first-order valence-corrected chi connectivity index (χ1v) is 6.62. The van der Waals surface area contributed by atoms with Gasteiger partial charge in [0, 0.05) is 12.2 Å². The molecule has 3 rings (SSSR count). The number of aromatic nitrogens is 1. The van der Waals surface area contributed by atoms with Crippen LogP contribution in [0.4, 0.5) is 10.2 Å². The van der Waals surface area contributed by atoms with Crippen molar-refractivity contribution in [3.63, 3.8) is 0 Å². The van der Waals surface area contributed by atoms with E-state index in [2.05, 4.69) is 15.7 Å². The number of amides is 1. The van der Waals surface area contributed by atoms with Gasteiger partial charge in [0.05, 0.1) is 5.56 Å². The molecule has 1 amide bonds. The van der Waals surface area contributed by atoms with E-state index in [1.54, 1.807) is 0 Å². The Kier molecular flexibility index (Phi) is 3.10. The number of pyridine rings is 1. The minimum Gasteiger partial charge on any atom is -0.349 e. The molecule has 2 aliphatic rings. The van der Waals surface area contributed by atoms with Crippen LogP contribution in [-0.2, 0) is 0 Å². The first-order chi connectivity index (χ1) is 9.20. The summed E-state index contributed by atoms with van der Waals surface area (Å²) >= 11 is 0. The zero-order valence-electron chi connectivity index (χ0n) is 10.5. The highest BCUT2D eigenvalue weighted by atomic mass is 19.1. The molecule has 0 radical (unpaired) electrons. The van der Waals surface area contributed by atoms with E-state index in [1.165, 1.54) is 12.3 Å². The molecule has 1 aromatic rings. The largest absolute Gasteiger partial charge is 0.349 e. The normalized spacial score (nSPS) is 18.5. The summed E-state index contributed by atoms with van der Waals surface area (Å²) in [5.74, 6) is 5.12. The Labute approximate surface area is 110 Å². The first kappa shape index (κ1) is 12.3. The minimum atomic E-state index is -0.701. The highest BCUT2D eigenvalue weighted by Gasteiger charge is 2.42. The predicted molar refractivity (Wildman–Crippen MR) is 68.7 cm³/mol. The number of hydrazine groups is 1. The van der Waals surface area contributed by atoms with Gasteiger partial charge in [-0.1, -0.05) is 0 Å². The van der Waals surface area contributed by atoms with E-state index >= 15 is 0 Å². The number of nitrogen functional groups attached to an aromatic ring is 1. The fourth-order valence-corrected chi connectivity index (χ4v) is 2.48. The molecule has 6 heteroatoms. The molecule has 2 aliphatic carbocycles. The van der Waals surface area contributed by atoms with Gasteiger partial charge in [0.15, 0.2) is 11.6 Å². The number of nitrogens with zero attached hydrogens (tertiary/aromatic N) is 1. The summed E-state index contributed by atoms with van der Waals surface area (Å²) in [7, 11) is 0. The number of hydrogen-bond acceptors (Lipinski definition) is 4. The van der Waals surface area contributed by atoms with Gasteiger partial charge in [0.25, 0.3) is 5.91 Å². The first-order valence-electron chi connectivity index (χ1n) is 6.62. The molecular formula is C13H17FN4O. The van der Waals surface area contributed by atoms with Gasteiger partial charge >= 0.3 is 0 Å². The van der Waals surface area contributed by atoms with Crippen LogP contribution in [0.25, 0.3) is 0 Å². The van der Waals surface area contributed by atoms with Gasteiger partial charge in [-0.15, -0.1) is 0 Å². The van der Waals surface area contributed by atoms with Crippen LogP contribution in [0, 0.1) is 17.7 Å². The fraction of sp³-hybridized carbons (Fsp3) is 0.538. The number of hydrogen-bond donors (Lipinski definition) is 3. The molecule has 0 atom stereocenters. The molecule has 0 spiro atoms. The molecular weight excluding hydrogens is 247 g/mol. The molecule has 2 saturated carbocycles. The van der Waals surface area contributed by atoms with Gasteiger partial charge in [-0.3, -0.25) is 4.79 Å². The van der Waals surface area contributed by atoms with E-state index in [-0.39, 0.29) is 23.3 Å². The lowest BCUT2D eigenvalue weighted by Crippen LogP contribution is -2.38. The van der Waals surface area contributed by atoms with Crippen LogP contribution < -0.4 is 16.6 Å². The van der Waals surface area contributed by atoms with Crippen LogP contribution in [0.3, 0.4) is 0 Å². The monoisotopic (exact) mass is 264 g/mol. The van der Waals surface area contributed by atoms with Gasteiger partial charge in [-0.05, 0) is 43.6 Å². The second-order valence-corrected chi connectivity index (χ2v) is 5.34. The second kappa shape index (κ2) is 4.77. The number of rotatable bonds is 5. The third-order valence-corrected chi connectivity index (χ3v) is 3.83. The van der Waals surface area contributed by atoms with Crippen molar-refractivity contribution in [1.82, 2.24) is 10.3 Å². The molecule has 1 aromatic heterocycles. The van der Waals surface area contributed by atoms with Crippen LogP contribution in [0.1, 0.15) is 36.0 Å². The average molecular weight is 264 g/mol. The van der Waals surface area contributed by atoms with E-state index < -0.39 is 5.82 Å². The minimum absolute atomic E-state index is 0.00532. The van der Waals surface area contributed by atoms with Gasteiger partial charge in [-0.25, -0.2) is 15.2 Å². The molecule has 0 unspecified atom stereocenters. The van der Waals surface area contributed by atoms with E-state index in [1.807, 2.05) is 0 Å². The number of carbonyl (C=O) groups is 1. The fourth-order valence-electron chi connectivity index (χ4n) is 2.48. The van der Waals surface area contributed by atoms with E-state index in [9.17, 15) is 9.18 Å². The van der Waals surface area contributed by atoms with Gasteiger partial charge in [-0.2, -0.15) is 0 Å². The maximum Gasteiger partial charge on any atom is 0.254 e. The maximum absolute atomic E-state index is 13.9. The lowest BCUT2D eigenvalue weighted by Gasteiger charge is -2.18. The topological polar surface area (TPSA) is 80.0 Å². The van der Waals surface area contributed by atoms with Crippen molar-refractivity contribution < 1.29 is 9.18 Å². The number of halogens is 1. The standard InChI is InChI=1S/C13H17FN4O/c14-10-9(5-6-16-12(10)18-15)13(19)17-11(7-1-2-7)8-3-4-8/h5-8,11H,1-4,15H2,(H,16,18)(H,17,19). The van der Waals surface area contributed by atoms with Gasteiger partial charge < -0.3 is 10.7 Å². The number of nitrogens with one attached hydrogen (secondary N) is 2. The molecule has 0 aromatic carbocycles. The Morgan fingerprint density at radius 1 is 1.37 bits per heavy atom. The van der Waals surface area contributed by atoms with Crippen molar-refractivity contribution in [2.75, 3.05) is 5.43 Å². The summed E-state index contributed by atoms with van der Waals surface area (Å²) in [6.45, 7) is 0. The zero-order chi connectivity index (χ0) is 13.4. The van der Waals surface area contributed by atoms with Crippen LogP contribution in [0.15, 0.2) is 12.3 Å². The lowest BCUT2D eigenvalue weighted by atomic mass is 10.1. The Hall–Kier alpha value is -1.69. The Morgan fingerprint density at radius 3 is 2.53 bits per heavy atom. The molecule has 1 heterocycles. The SMILES string of the molecule is NNc1nccc(C(=O)NC(C2CC2)C2CC2)c1F. The molecule has 0 saturated heterocycles. The van der Waals surface area contributed by atoms with Gasteiger partial charge in [0.1, 0.15) is 0 Å². The average Bonchev–Trinajstić information content (AvgIpc) is 3.29. The van der Waals surface area contributed by atoms with Crippen molar-refractivity contribution in [1.29, 1.82) is 0 Å². The third kappa shape index (κ3) is 2.53. The molecule has 0 aliphatic heterocycles. The molecule has 0 bridgehead atoms. The Morgan fingerprint density at radius 2 is 2.00 bits per heavy atom. The number of anilines is 1. The summed E-state index contributed by atoms with van der Waals surface area (Å²) in [6.07, 6.45) is 6.02. The van der Waals surface area contributed by atoms with Crippen molar-refractivity contribution in [3.8, 4) is 0 Å². The van der Waals surface area contributed by atoms with Crippen molar-refractivity contribution in [2.24, 2.45) is 17.7 Å². The van der Waals surface area contributed by atoms with Crippen LogP contribution in [-0.4, -0.2) is 16.9 Å². The Bertz CT molecular complexity index is 487. The molecule has 19 heavy (non-hydrogen) atoms. The summed E-state index contributed by atoms with van der Waals surface area (Å²) in [5, 5.41) is 2.97. The zero-order valence-corrected chi connectivity index (χ0v) is 10.5.